The molecule has 0 bridgehead atoms. The van der Waals surface area contributed by atoms with E-state index in [2.05, 4.69) is 316 Å². The highest BCUT2D eigenvalue weighted by Gasteiger charge is 2.52. The van der Waals surface area contributed by atoms with Gasteiger partial charge in [-0.3, -0.25) is 0 Å². The van der Waals surface area contributed by atoms with Gasteiger partial charge in [-0.15, -0.1) is 0 Å². The van der Waals surface area contributed by atoms with Crippen molar-refractivity contribution in [2.45, 2.75) is 134 Å². The average Bonchev–Trinajstić information content (AvgIpc) is 1.87. The van der Waals surface area contributed by atoms with Crippen LogP contribution in [0.4, 0.5) is 0 Å². The summed E-state index contributed by atoms with van der Waals surface area (Å²) in [5, 5.41) is 16.8. The second-order valence-corrected chi connectivity index (χ2v) is 30.6. The van der Waals surface area contributed by atoms with Crippen LogP contribution in [-0.2, 0) is 48.6 Å². The summed E-state index contributed by atoms with van der Waals surface area (Å²) in [7, 11) is 0. The van der Waals surface area contributed by atoms with Gasteiger partial charge in [-0.05, 0) is 143 Å². The third-order valence-corrected chi connectivity index (χ3v) is 23.8. The average molecular weight is 1360 g/mol. The molecule has 8 nitrogen and oxygen atoms in total. The summed E-state index contributed by atoms with van der Waals surface area (Å²) in [4.78, 5) is 0. The number of nitrogens with zero attached hydrogens (tertiary/aromatic N) is 4. The van der Waals surface area contributed by atoms with Crippen molar-refractivity contribution in [2.75, 3.05) is 0 Å². The van der Waals surface area contributed by atoms with Crippen molar-refractivity contribution in [1.82, 2.24) is 0 Å². The molecule has 0 amide bonds. The molecule has 4 aliphatic heterocycles. The van der Waals surface area contributed by atoms with Gasteiger partial charge in [-0.25, -0.2) is 0 Å². The fraction of sp³-hybridized carbons (Fsp3) is 0.208. The third-order valence-electron chi connectivity index (χ3n) is 23.8. The van der Waals surface area contributed by atoms with Gasteiger partial charge >= 0.3 is 0 Å². The maximum absolute atomic E-state index is 6.35. The standard InChI is InChI=1S/C27H20NO.2C23H18NO.C19H16NO.4CH4/c1-27(2)21-12-19-11-16-7-3-4-8-17(16)13-22(19)28-15-29-23-14-18-9-5-6-10-20(18)25(27)24(23)26(21)28;2*1-23(2)17-11-15-8-4-6-10-18(15)24-13-25-19-12-14-7-3-5-9-16(14)21(23)20(19)22(17)24;1-19(2)14-8-5-9-20-11-21-15-10-12-6-3-4-7-13(12)17(19)16(15)18(14)20;;;;/h3-14H,15H2,1-2H3;2*3-12H,13H2,1-2H3;3-10H,11H2,1-2H3;4*1H4/q4*+1;;;;. The molecule has 0 saturated carbocycles. The SMILES string of the molecule is C.C.C.C.CC1(C)c2cc3cc4ccccc4cc3[n+]3c2-c2c(cc4ccccc4c21)OC3.CC1(C)c2cc3ccccc3[n+]3c2-c2c(cc4ccccc4c21)OC3.CC1(C)c2cc3ccccc3[n+]3c2-c2c(cc4ccccc4c21)OC3.CC1(C)c2ccc[n+]3c2-c2c(cc4ccccc4c21)OC3. The van der Waals surface area contributed by atoms with Gasteiger partial charge in [0, 0.05) is 84.3 Å². The molecule has 0 spiro atoms. The normalized spacial score (nSPS) is 15.5. The van der Waals surface area contributed by atoms with Gasteiger partial charge in [0.05, 0.1) is 22.3 Å². The molecule has 104 heavy (non-hydrogen) atoms. The molecule has 0 atom stereocenters. The summed E-state index contributed by atoms with van der Waals surface area (Å²) in [6.07, 6.45) is 2.11. The van der Waals surface area contributed by atoms with E-state index >= 15 is 0 Å². The van der Waals surface area contributed by atoms with E-state index in [0.717, 1.165) is 23.0 Å². The second kappa shape index (κ2) is 23.0. The molecule has 8 heteroatoms. The van der Waals surface area contributed by atoms with Crippen molar-refractivity contribution in [1.29, 1.82) is 0 Å². The maximum Gasteiger partial charge on any atom is 0.293 e. The Balaban J connectivity index is 0.000000102. The molecule has 0 saturated heterocycles. The van der Waals surface area contributed by atoms with Gasteiger partial charge < -0.3 is 18.9 Å². The molecular formula is C96H88N4O4+4. The van der Waals surface area contributed by atoms with E-state index < -0.39 is 0 Å². The van der Waals surface area contributed by atoms with Crippen LogP contribution in [0.1, 0.15) is 130 Å². The number of rotatable bonds is 0. The van der Waals surface area contributed by atoms with E-state index in [1.165, 1.54) is 176 Å². The Hall–Kier alpha value is -11.5. The first-order valence-corrected chi connectivity index (χ1v) is 35.3. The lowest BCUT2D eigenvalue weighted by atomic mass is 9.80. The molecule has 4 aromatic heterocycles. The van der Waals surface area contributed by atoms with E-state index in [1.807, 2.05) is 0 Å². The Labute approximate surface area is 609 Å². The van der Waals surface area contributed by atoms with Crippen LogP contribution in [0.2, 0.25) is 0 Å². The van der Waals surface area contributed by atoms with E-state index in [9.17, 15) is 0 Å². The summed E-state index contributed by atoms with van der Waals surface area (Å²) in [6.45, 7) is 21.0. The number of benzene rings is 12. The van der Waals surface area contributed by atoms with Crippen molar-refractivity contribution < 1.29 is 37.2 Å². The van der Waals surface area contributed by atoms with Crippen LogP contribution in [0, 0.1) is 0 Å². The largest absolute Gasteiger partial charge is 0.435 e. The summed E-state index contributed by atoms with van der Waals surface area (Å²) in [5.41, 5.74) is 25.3. The summed E-state index contributed by atoms with van der Waals surface area (Å²) in [5.74, 6) is 4.10. The number of fused-ring (bicyclic) bond motifs is 15. The fourth-order valence-electron chi connectivity index (χ4n) is 19.2. The van der Waals surface area contributed by atoms with E-state index in [4.69, 9.17) is 18.9 Å². The van der Waals surface area contributed by atoms with E-state index in [-0.39, 0.29) is 51.4 Å². The van der Waals surface area contributed by atoms with Crippen molar-refractivity contribution in [2.24, 2.45) is 0 Å². The predicted octanol–water partition coefficient (Wildman–Crippen LogP) is 22.3. The molecule has 4 aliphatic carbocycles. The van der Waals surface area contributed by atoms with Gasteiger partial charge in [-0.1, -0.05) is 231 Å². The predicted molar refractivity (Wildman–Crippen MR) is 426 cm³/mol. The van der Waals surface area contributed by atoms with E-state index in [1.54, 1.807) is 0 Å². The first-order valence-electron chi connectivity index (χ1n) is 35.3. The Morgan fingerprint density at radius 3 is 0.942 bits per heavy atom. The second-order valence-electron chi connectivity index (χ2n) is 30.6. The van der Waals surface area contributed by atoms with E-state index in [0.29, 0.717) is 26.9 Å². The van der Waals surface area contributed by atoms with Gasteiger partial charge in [0.15, 0.2) is 6.20 Å². The minimum Gasteiger partial charge on any atom is -0.435 e. The zero-order valence-corrected chi connectivity index (χ0v) is 57.3. The quantitative estimate of drug-likeness (QED) is 0.112. The molecular weight excluding hydrogens is 1270 g/mol. The van der Waals surface area contributed by atoms with Gasteiger partial charge in [0.1, 0.15) is 23.0 Å². The Morgan fingerprint density at radius 1 is 0.250 bits per heavy atom. The Kier molecular flexibility index (Phi) is 14.6. The highest BCUT2D eigenvalue weighted by Crippen LogP contribution is 2.60. The van der Waals surface area contributed by atoms with Crippen molar-refractivity contribution in [3.8, 4) is 68.0 Å². The zero-order valence-electron chi connectivity index (χ0n) is 57.3. The minimum absolute atomic E-state index is 0. The molecule has 8 aliphatic rings. The first-order chi connectivity index (χ1) is 48.6. The number of hydrogen-bond acceptors (Lipinski definition) is 4. The van der Waals surface area contributed by atoms with Crippen LogP contribution in [0.5, 0.6) is 23.0 Å². The Morgan fingerprint density at radius 2 is 0.548 bits per heavy atom. The number of pyridine rings is 4. The molecule has 12 aromatic carbocycles. The molecule has 0 unspecified atom stereocenters. The molecule has 512 valence electrons. The zero-order chi connectivity index (χ0) is 67.0. The highest BCUT2D eigenvalue weighted by atomic mass is 16.5. The highest BCUT2D eigenvalue weighted by molar-refractivity contribution is 6.05. The van der Waals surface area contributed by atoms with Gasteiger partial charge in [-0.2, -0.15) is 18.3 Å². The molecule has 0 radical (unpaired) electrons. The lowest BCUT2D eigenvalue weighted by Gasteiger charge is -2.22. The van der Waals surface area contributed by atoms with Gasteiger partial charge in [0.2, 0.25) is 39.3 Å². The summed E-state index contributed by atoms with van der Waals surface area (Å²) < 4.78 is 34.2. The summed E-state index contributed by atoms with van der Waals surface area (Å²) in [6, 6.07) is 85.5. The lowest BCUT2D eigenvalue weighted by molar-refractivity contribution is -0.717. The molecule has 8 heterocycles. The molecule has 16 aromatic rings. The smallest absolute Gasteiger partial charge is 0.293 e. The topological polar surface area (TPSA) is 52.4 Å². The maximum atomic E-state index is 6.35. The van der Waals surface area contributed by atoms with Crippen molar-refractivity contribution in [3.63, 3.8) is 0 Å². The van der Waals surface area contributed by atoms with Gasteiger partial charge in [0.25, 0.3) is 26.9 Å². The molecule has 0 fully saturated rings. The van der Waals surface area contributed by atoms with Crippen molar-refractivity contribution in [3.05, 3.63) is 287 Å². The minimum atomic E-state index is -0.0738. The number of aromatic nitrogens is 4. The summed E-state index contributed by atoms with van der Waals surface area (Å²) >= 11 is 0. The molecule has 0 N–H and O–H groups in total. The number of hydrogen-bond donors (Lipinski definition) is 0. The lowest BCUT2D eigenvalue weighted by Crippen LogP contribution is -2.42. The van der Waals surface area contributed by atoms with Crippen LogP contribution in [0.3, 0.4) is 0 Å². The third kappa shape index (κ3) is 8.78. The van der Waals surface area contributed by atoms with Crippen LogP contribution in [0.25, 0.3) is 132 Å². The van der Waals surface area contributed by atoms with Crippen molar-refractivity contribution >= 4 is 86.6 Å². The van der Waals surface area contributed by atoms with Crippen LogP contribution < -0.4 is 37.2 Å². The van der Waals surface area contributed by atoms with Crippen LogP contribution >= 0.6 is 0 Å². The molecule has 24 rings (SSSR count). The number of ether oxygens (including phenoxy) is 4. The fourth-order valence-corrected chi connectivity index (χ4v) is 19.2. The van der Waals surface area contributed by atoms with Crippen LogP contribution in [0.15, 0.2) is 243 Å². The number of para-hydroxylation sites is 2. The Bertz CT molecular complexity index is 6240. The first kappa shape index (κ1) is 65.8. The monoisotopic (exact) mass is 1360 g/mol. The van der Waals surface area contributed by atoms with Crippen LogP contribution in [-0.4, -0.2) is 0 Å².